The summed E-state index contributed by atoms with van der Waals surface area (Å²) in [6, 6.07) is 9.05. The van der Waals surface area contributed by atoms with Crippen LogP contribution in [-0.2, 0) is 17.8 Å². The van der Waals surface area contributed by atoms with Gasteiger partial charge in [-0.1, -0.05) is 0 Å². The Morgan fingerprint density at radius 3 is 2.81 bits per heavy atom. The number of carbonyl (C=O) groups is 1. The molecule has 0 bridgehead atoms. The van der Waals surface area contributed by atoms with Gasteiger partial charge >= 0.3 is 0 Å². The molecule has 0 spiro atoms. The van der Waals surface area contributed by atoms with Crippen molar-refractivity contribution in [3.8, 4) is 17.2 Å². The van der Waals surface area contributed by atoms with E-state index >= 15 is 0 Å². The van der Waals surface area contributed by atoms with E-state index in [1.807, 2.05) is 17.9 Å². The number of nitrogens with zero attached hydrogens (tertiary/aromatic N) is 1. The number of amides is 1. The maximum Gasteiger partial charge on any atom is 0.238 e. The summed E-state index contributed by atoms with van der Waals surface area (Å²) in [5.41, 5.74) is 4.12. The molecule has 32 heavy (non-hydrogen) atoms. The van der Waals surface area contributed by atoms with Gasteiger partial charge in [-0.05, 0) is 36.8 Å². The number of pyridine rings is 1. The van der Waals surface area contributed by atoms with Gasteiger partial charge in [-0.15, -0.1) is 0 Å². The first-order chi connectivity index (χ1) is 15.5. The second-order valence-corrected chi connectivity index (χ2v) is 8.15. The molecule has 0 radical (unpaired) electrons. The summed E-state index contributed by atoms with van der Waals surface area (Å²) >= 11 is 0. The molecule has 2 aliphatic rings. The average Bonchev–Trinajstić information content (AvgIpc) is 2.80. The van der Waals surface area contributed by atoms with Gasteiger partial charge in [0.25, 0.3) is 0 Å². The van der Waals surface area contributed by atoms with Crippen LogP contribution in [0.25, 0.3) is 10.9 Å². The lowest BCUT2D eigenvalue weighted by Crippen LogP contribution is -2.39. The lowest BCUT2D eigenvalue weighted by Gasteiger charge is -2.28. The number of H-pyrrole nitrogens is 1. The number of aryl methyl sites for hydroxylation is 1. The summed E-state index contributed by atoms with van der Waals surface area (Å²) in [5.74, 6) is 1.83. The average molecular weight is 435 g/mol. The molecule has 166 valence electrons. The number of ether oxygens (including phenoxy) is 3. The van der Waals surface area contributed by atoms with Crippen molar-refractivity contribution in [3.63, 3.8) is 0 Å². The number of fused-ring (bicyclic) bond motifs is 3. The van der Waals surface area contributed by atoms with E-state index in [1.54, 1.807) is 31.4 Å². The second-order valence-electron chi connectivity index (χ2n) is 8.15. The van der Waals surface area contributed by atoms with Crippen molar-refractivity contribution < 1.29 is 19.0 Å². The van der Waals surface area contributed by atoms with Crippen LogP contribution in [0.5, 0.6) is 17.2 Å². The van der Waals surface area contributed by atoms with E-state index in [1.165, 1.54) is 0 Å². The third kappa shape index (κ3) is 3.78. The summed E-state index contributed by atoms with van der Waals surface area (Å²) in [6.45, 7) is 4.29. The van der Waals surface area contributed by atoms with Gasteiger partial charge in [-0.25, -0.2) is 0 Å². The maximum absolute atomic E-state index is 13.2. The zero-order chi connectivity index (χ0) is 22.2. The van der Waals surface area contributed by atoms with Gasteiger partial charge in [0, 0.05) is 47.9 Å². The van der Waals surface area contributed by atoms with Crippen molar-refractivity contribution in [2.45, 2.75) is 19.9 Å². The molecule has 2 N–H and O–H groups in total. The smallest absolute Gasteiger partial charge is 0.238 e. The van der Waals surface area contributed by atoms with Crippen molar-refractivity contribution in [2.24, 2.45) is 0 Å². The molecular formula is C24H25N3O5. The van der Waals surface area contributed by atoms with Crippen LogP contribution in [0.3, 0.4) is 0 Å². The lowest BCUT2D eigenvalue weighted by molar-refractivity contribution is -0.117. The van der Waals surface area contributed by atoms with E-state index in [4.69, 9.17) is 14.2 Å². The van der Waals surface area contributed by atoms with Crippen molar-refractivity contribution >= 4 is 22.5 Å². The van der Waals surface area contributed by atoms with Gasteiger partial charge in [0.15, 0.2) is 16.9 Å². The van der Waals surface area contributed by atoms with Crippen LogP contribution in [0, 0.1) is 6.92 Å². The van der Waals surface area contributed by atoms with Crippen LogP contribution in [0.1, 0.15) is 16.8 Å². The standard InChI is InChI=1S/C24H25N3O5/c1-14-9-16(30-2)11-17-23(14)26-19-5-6-27(12-18(19)24(17)29)13-22(28)25-15-3-4-20-21(10-15)32-8-7-31-20/h3-4,9-11H,5-8,12-13H2,1-2H3,(H,25,28)(H,26,29). The largest absolute Gasteiger partial charge is 0.497 e. The fraction of sp³-hybridized carbons (Fsp3) is 0.333. The highest BCUT2D eigenvalue weighted by Crippen LogP contribution is 2.32. The van der Waals surface area contributed by atoms with E-state index in [-0.39, 0.29) is 17.9 Å². The van der Waals surface area contributed by atoms with Gasteiger partial charge in [-0.3, -0.25) is 14.5 Å². The van der Waals surface area contributed by atoms with Crippen LogP contribution >= 0.6 is 0 Å². The van der Waals surface area contributed by atoms with Gasteiger partial charge < -0.3 is 24.5 Å². The monoisotopic (exact) mass is 435 g/mol. The summed E-state index contributed by atoms with van der Waals surface area (Å²) in [5, 5.41) is 3.53. The predicted octanol–water partition coefficient (Wildman–Crippen LogP) is 2.61. The Kier molecular flexibility index (Phi) is 5.22. The molecular weight excluding hydrogens is 410 g/mol. The topological polar surface area (TPSA) is 92.9 Å². The molecule has 8 heteroatoms. The molecule has 8 nitrogen and oxygen atoms in total. The Morgan fingerprint density at radius 1 is 1.19 bits per heavy atom. The van der Waals surface area contributed by atoms with Crippen LogP contribution in [-0.4, -0.2) is 49.2 Å². The van der Waals surface area contributed by atoms with E-state index in [0.29, 0.717) is 66.6 Å². The molecule has 0 saturated heterocycles. The summed E-state index contributed by atoms with van der Waals surface area (Å²) in [6.07, 6.45) is 0.684. The van der Waals surface area contributed by atoms with Crippen LogP contribution < -0.4 is 25.0 Å². The minimum absolute atomic E-state index is 0.00676. The number of aromatic amines is 1. The lowest BCUT2D eigenvalue weighted by atomic mass is 10.0. The first-order valence-electron chi connectivity index (χ1n) is 10.7. The third-order valence-corrected chi connectivity index (χ3v) is 5.96. The minimum atomic E-state index is -0.139. The van der Waals surface area contributed by atoms with Crippen molar-refractivity contribution in [1.82, 2.24) is 9.88 Å². The van der Waals surface area contributed by atoms with E-state index in [0.717, 1.165) is 16.8 Å². The highest BCUT2D eigenvalue weighted by molar-refractivity contribution is 5.92. The minimum Gasteiger partial charge on any atom is -0.497 e. The molecule has 0 aliphatic carbocycles. The Balaban J connectivity index is 1.33. The van der Waals surface area contributed by atoms with E-state index in [9.17, 15) is 9.59 Å². The Hall–Kier alpha value is -3.52. The highest BCUT2D eigenvalue weighted by atomic mass is 16.6. The Bertz CT molecular complexity index is 1270. The van der Waals surface area contributed by atoms with Gasteiger partial charge in [0.1, 0.15) is 19.0 Å². The Labute approximate surface area is 185 Å². The summed E-state index contributed by atoms with van der Waals surface area (Å²) in [4.78, 5) is 31.3. The number of rotatable bonds is 4. The SMILES string of the molecule is COc1cc(C)c2[nH]c3c(c(=O)c2c1)CN(CC(=O)Nc1ccc2c(c1)OCCO2)CC3. The zero-order valence-electron chi connectivity index (χ0n) is 18.1. The molecule has 5 rings (SSSR count). The first-order valence-corrected chi connectivity index (χ1v) is 10.7. The molecule has 0 fully saturated rings. The van der Waals surface area contributed by atoms with Crippen molar-refractivity contribution in [1.29, 1.82) is 0 Å². The molecule has 0 atom stereocenters. The summed E-state index contributed by atoms with van der Waals surface area (Å²) in [7, 11) is 1.59. The number of carbonyl (C=O) groups excluding carboxylic acids is 1. The van der Waals surface area contributed by atoms with Crippen molar-refractivity contribution in [2.75, 3.05) is 38.7 Å². The molecule has 2 aliphatic heterocycles. The highest BCUT2D eigenvalue weighted by Gasteiger charge is 2.23. The molecule has 1 amide bonds. The third-order valence-electron chi connectivity index (χ3n) is 5.96. The normalized spacial score (nSPS) is 15.3. The number of methoxy groups -OCH3 is 1. The molecule has 3 heterocycles. The van der Waals surface area contributed by atoms with Gasteiger partial charge in [-0.2, -0.15) is 0 Å². The van der Waals surface area contributed by atoms with Crippen LogP contribution in [0.2, 0.25) is 0 Å². The van der Waals surface area contributed by atoms with Crippen molar-refractivity contribution in [3.05, 3.63) is 57.4 Å². The molecule has 3 aromatic rings. The number of benzene rings is 2. The Morgan fingerprint density at radius 2 is 2.00 bits per heavy atom. The number of hydrogen-bond donors (Lipinski definition) is 2. The van der Waals surface area contributed by atoms with Crippen LogP contribution in [0.4, 0.5) is 5.69 Å². The number of hydrogen-bond acceptors (Lipinski definition) is 6. The fourth-order valence-corrected chi connectivity index (χ4v) is 4.36. The van der Waals surface area contributed by atoms with Gasteiger partial charge in [0.2, 0.25) is 5.91 Å². The molecule has 0 saturated carbocycles. The molecule has 0 unspecified atom stereocenters. The zero-order valence-corrected chi connectivity index (χ0v) is 18.1. The van der Waals surface area contributed by atoms with Gasteiger partial charge in [0.05, 0.1) is 19.2 Å². The molecule has 2 aromatic carbocycles. The predicted molar refractivity (Wildman–Crippen MR) is 121 cm³/mol. The maximum atomic E-state index is 13.2. The molecule has 1 aromatic heterocycles. The summed E-state index contributed by atoms with van der Waals surface area (Å²) < 4.78 is 16.4. The van der Waals surface area contributed by atoms with E-state index < -0.39 is 0 Å². The fourth-order valence-electron chi connectivity index (χ4n) is 4.36. The number of aromatic nitrogens is 1. The van der Waals surface area contributed by atoms with Crippen LogP contribution in [0.15, 0.2) is 35.1 Å². The first kappa shape index (κ1) is 20.4. The van der Waals surface area contributed by atoms with E-state index in [2.05, 4.69) is 10.3 Å². The number of anilines is 1. The quantitative estimate of drug-likeness (QED) is 0.655. The second kappa shape index (κ2) is 8.20. The number of nitrogens with one attached hydrogen (secondary N) is 2.